The first kappa shape index (κ1) is 21.3. The number of likely N-dealkylation sites (tertiary alicyclic amines) is 1. The molecular formula is C27H36N2O. The smallest absolute Gasteiger partial charge is 0.0589 e. The predicted octanol–water partition coefficient (Wildman–Crippen LogP) is 4.53. The fourth-order valence-electron chi connectivity index (χ4n) is 5.12. The largest absolute Gasteiger partial charge is 0.383 e. The lowest BCUT2D eigenvalue weighted by atomic mass is 9.95. The summed E-state index contributed by atoms with van der Waals surface area (Å²) in [5.74, 6) is 0.754. The molecule has 0 bridgehead atoms. The molecule has 4 rings (SSSR count). The lowest BCUT2D eigenvalue weighted by Gasteiger charge is -2.38. The molecule has 3 heteroatoms. The van der Waals surface area contributed by atoms with Gasteiger partial charge in [0.25, 0.3) is 0 Å². The van der Waals surface area contributed by atoms with Gasteiger partial charge in [-0.1, -0.05) is 66.7 Å². The van der Waals surface area contributed by atoms with Gasteiger partial charge in [-0.15, -0.1) is 0 Å². The van der Waals surface area contributed by atoms with Crippen LogP contribution in [-0.4, -0.2) is 62.3 Å². The summed E-state index contributed by atoms with van der Waals surface area (Å²) in [6.07, 6.45) is 9.69. The number of hydrogen-bond donors (Lipinski definition) is 0. The summed E-state index contributed by atoms with van der Waals surface area (Å²) in [5, 5.41) is 0. The Hall–Kier alpha value is -1.94. The average Bonchev–Trinajstić information content (AvgIpc) is 3.23. The molecule has 2 aliphatic rings. The van der Waals surface area contributed by atoms with Crippen LogP contribution in [-0.2, 0) is 17.6 Å². The van der Waals surface area contributed by atoms with Crippen LogP contribution in [0.5, 0.6) is 0 Å². The molecule has 1 aliphatic carbocycles. The van der Waals surface area contributed by atoms with Crippen molar-refractivity contribution < 1.29 is 4.74 Å². The zero-order valence-corrected chi connectivity index (χ0v) is 18.4. The minimum Gasteiger partial charge on any atom is -0.383 e. The Kier molecular flexibility index (Phi) is 7.74. The molecule has 2 aromatic carbocycles. The molecule has 1 fully saturated rings. The van der Waals surface area contributed by atoms with Gasteiger partial charge in [-0.3, -0.25) is 9.80 Å². The number of hydrogen-bond acceptors (Lipinski definition) is 3. The Labute approximate surface area is 182 Å². The molecule has 0 N–H and O–H groups in total. The third-order valence-electron chi connectivity index (χ3n) is 6.70. The SMILES string of the molecule is COCCN(C/C=C/c1ccccc1)C[C@H]1CCCN(C2Cc3ccccc3C2)C1. The highest BCUT2D eigenvalue weighted by molar-refractivity contribution is 5.48. The first-order valence-corrected chi connectivity index (χ1v) is 11.6. The number of methoxy groups -OCH3 is 1. The Balaban J connectivity index is 1.31. The number of piperidine rings is 1. The second-order valence-electron chi connectivity index (χ2n) is 8.90. The molecule has 3 nitrogen and oxygen atoms in total. The maximum atomic E-state index is 5.39. The van der Waals surface area contributed by atoms with Crippen molar-refractivity contribution in [3.8, 4) is 0 Å². The Bertz CT molecular complexity index is 779. The zero-order valence-electron chi connectivity index (χ0n) is 18.4. The maximum absolute atomic E-state index is 5.39. The van der Waals surface area contributed by atoms with E-state index in [1.165, 1.54) is 50.9 Å². The van der Waals surface area contributed by atoms with Gasteiger partial charge in [0.2, 0.25) is 0 Å². The first-order chi connectivity index (χ1) is 14.8. The van der Waals surface area contributed by atoms with E-state index in [0.29, 0.717) is 6.04 Å². The van der Waals surface area contributed by atoms with Gasteiger partial charge in [0.1, 0.15) is 0 Å². The molecule has 0 aromatic heterocycles. The normalized spacial score (nSPS) is 20.3. The van der Waals surface area contributed by atoms with E-state index < -0.39 is 0 Å². The Morgan fingerprint density at radius 3 is 2.50 bits per heavy atom. The van der Waals surface area contributed by atoms with Gasteiger partial charge in [-0.2, -0.15) is 0 Å². The Morgan fingerprint density at radius 1 is 1.03 bits per heavy atom. The molecule has 2 aromatic rings. The number of ether oxygens (including phenoxy) is 1. The molecule has 30 heavy (non-hydrogen) atoms. The lowest BCUT2D eigenvalue weighted by Crippen LogP contribution is -2.46. The van der Waals surface area contributed by atoms with E-state index in [2.05, 4.69) is 76.5 Å². The van der Waals surface area contributed by atoms with Gasteiger partial charge in [0, 0.05) is 39.3 Å². The van der Waals surface area contributed by atoms with E-state index >= 15 is 0 Å². The van der Waals surface area contributed by atoms with Crippen molar-refractivity contribution in [2.75, 3.05) is 46.4 Å². The summed E-state index contributed by atoms with van der Waals surface area (Å²) in [6.45, 7) is 6.46. The van der Waals surface area contributed by atoms with Crippen molar-refractivity contribution in [1.82, 2.24) is 9.80 Å². The van der Waals surface area contributed by atoms with Crippen molar-refractivity contribution in [3.63, 3.8) is 0 Å². The number of fused-ring (bicyclic) bond motifs is 1. The molecule has 1 heterocycles. The van der Waals surface area contributed by atoms with Crippen molar-refractivity contribution in [2.45, 2.75) is 31.7 Å². The fourth-order valence-corrected chi connectivity index (χ4v) is 5.12. The lowest BCUT2D eigenvalue weighted by molar-refractivity contribution is 0.0916. The number of nitrogens with zero attached hydrogens (tertiary/aromatic N) is 2. The van der Waals surface area contributed by atoms with Gasteiger partial charge in [-0.05, 0) is 54.8 Å². The topological polar surface area (TPSA) is 15.7 Å². The summed E-state index contributed by atoms with van der Waals surface area (Å²) >= 11 is 0. The van der Waals surface area contributed by atoms with E-state index in [1.807, 2.05) is 0 Å². The average molecular weight is 405 g/mol. The minimum absolute atomic E-state index is 0.704. The monoisotopic (exact) mass is 404 g/mol. The van der Waals surface area contributed by atoms with Crippen LogP contribution >= 0.6 is 0 Å². The van der Waals surface area contributed by atoms with E-state index in [4.69, 9.17) is 4.74 Å². The second-order valence-corrected chi connectivity index (χ2v) is 8.90. The van der Waals surface area contributed by atoms with Crippen molar-refractivity contribution >= 4 is 6.08 Å². The molecule has 1 aliphatic heterocycles. The van der Waals surface area contributed by atoms with E-state index in [9.17, 15) is 0 Å². The van der Waals surface area contributed by atoms with Gasteiger partial charge in [0.05, 0.1) is 6.61 Å². The van der Waals surface area contributed by atoms with E-state index in [0.717, 1.165) is 25.6 Å². The van der Waals surface area contributed by atoms with Crippen LogP contribution in [0.3, 0.4) is 0 Å². The molecule has 1 saturated heterocycles. The summed E-state index contributed by atoms with van der Waals surface area (Å²) in [6, 6.07) is 20.3. The molecule has 0 amide bonds. The molecule has 0 saturated carbocycles. The van der Waals surface area contributed by atoms with E-state index in [-0.39, 0.29) is 0 Å². The van der Waals surface area contributed by atoms with Crippen molar-refractivity contribution in [3.05, 3.63) is 77.4 Å². The fraction of sp³-hybridized carbons (Fsp3) is 0.481. The van der Waals surface area contributed by atoms with Gasteiger partial charge >= 0.3 is 0 Å². The zero-order chi connectivity index (χ0) is 20.6. The van der Waals surface area contributed by atoms with Gasteiger partial charge in [0.15, 0.2) is 0 Å². The van der Waals surface area contributed by atoms with Crippen LogP contribution in [0, 0.1) is 5.92 Å². The molecule has 1 atom stereocenters. The number of rotatable bonds is 9. The highest BCUT2D eigenvalue weighted by atomic mass is 16.5. The molecule has 0 radical (unpaired) electrons. The predicted molar refractivity (Wildman–Crippen MR) is 126 cm³/mol. The van der Waals surface area contributed by atoms with E-state index in [1.54, 1.807) is 18.2 Å². The van der Waals surface area contributed by atoms with Crippen LogP contribution in [0.4, 0.5) is 0 Å². The first-order valence-electron chi connectivity index (χ1n) is 11.6. The van der Waals surface area contributed by atoms with Crippen molar-refractivity contribution in [1.29, 1.82) is 0 Å². The number of benzene rings is 2. The third-order valence-corrected chi connectivity index (χ3v) is 6.70. The van der Waals surface area contributed by atoms with Crippen molar-refractivity contribution in [2.24, 2.45) is 5.92 Å². The van der Waals surface area contributed by atoms with Crippen LogP contribution in [0.25, 0.3) is 6.08 Å². The minimum atomic E-state index is 0.704. The summed E-state index contributed by atoms with van der Waals surface area (Å²) in [4.78, 5) is 5.35. The standard InChI is InChI=1S/C27H36N2O/c1-30-18-17-28(15-7-11-23-9-3-2-4-10-23)21-24-12-8-16-29(22-24)27-19-25-13-5-6-14-26(25)20-27/h2-7,9-11,13-14,24,27H,8,12,15-22H2,1H3/b11-7+/t24-/m1/s1. The Morgan fingerprint density at radius 2 is 1.77 bits per heavy atom. The van der Waals surface area contributed by atoms with Gasteiger partial charge < -0.3 is 4.74 Å². The van der Waals surface area contributed by atoms with Crippen LogP contribution in [0.1, 0.15) is 29.5 Å². The molecule has 0 spiro atoms. The summed E-state index contributed by atoms with van der Waals surface area (Å²) < 4.78 is 5.39. The third kappa shape index (κ3) is 5.81. The molecule has 160 valence electrons. The highest BCUT2D eigenvalue weighted by Gasteiger charge is 2.30. The summed E-state index contributed by atoms with van der Waals surface area (Å²) in [7, 11) is 1.80. The van der Waals surface area contributed by atoms with Crippen LogP contribution < -0.4 is 0 Å². The summed E-state index contributed by atoms with van der Waals surface area (Å²) in [5.41, 5.74) is 4.41. The molecular weight excluding hydrogens is 368 g/mol. The second kappa shape index (κ2) is 10.9. The van der Waals surface area contributed by atoms with Gasteiger partial charge in [-0.25, -0.2) is 0 Å². The molecule has 0 unspecified atom stereocenters. The quantitative estimate of drug-likeness (QED) is 0.611. The van der Waals surface area contributed by atoms with Crippen LogP contribution in [0.15, 0.2) is 60.7 Å². The van der Waals surface area contributed by atoms with Crippen LogP contribution in [0.2, 0.25) is 0 Å². The highest BCUT2D eigenvalue weighted by Crippen LogP contribution is 2.29. The maximum Gasteiger partial charge on any atom is 0.0589 e.